The number of hydrogen-bond donors (Lipinski definition) is 0. The molecule has 0 radical (unpaired) electrons. The fourth-order valence-electron chi connectivity index (χ4n) is 4.79. The van der Waals surface area contributed by atoms with Crippen molar-refractivity contribution in [2.45, 2.75) is 56.0 Å². The lowest BCUT2D eigenvalue weighted by molar-refractivity contribution is -0.194. The molecule has 5 rings (SSSR count). The van der Waals surface area contributed by atoms with E-state index < -0.39 is 11.5 Å². The van der Waals surface area contributed by atoms with E-state index in [-0.39, 0.29) is 6.04 Å². The highest BCUT2D eigenvalue weighted by molar-refractivity contribution is 6.32. The van der Waals surface area contributed by atoms with Gasteiger partial charge in [0.15, 0.2) is 5.79 Å². The molecule has 1 aromatic carbocycles. The third-order valence-electron chi connectivity index (χ3n) is 6.25. The Kier molecular flexibility index (Phi) is 3.89. The Morgan fingerprint density at radius 2 is 1.96 bits per heavy atom. The molecule has 1 aromatic heterocycles. The average molecular weight is 377 g/mol. The number of hydrogen-bond acceptors (Lipinski definition) is 3. The SMILES string of the molecule is FC1(CCC2c3c(Cl)cccc3-c3cncn32)CCC2(CC1)OCCO2. The van der Waals surface area contributed by atoms with Crippen LogP contribution in [-0.2, 0) is 9.47 Å². The van der Waals surface area contributed by atoms with E-state index in [1.165, 1.54) is 0 Å². The van der Waals surface area contributed by atoms with Gasteiger partial charge in [-0.05, 0) is 31.7 Å². The van der Waals surface area contributed by atoms with Crippen LogP contribution in [0.2, 0.25) is 5.02 Å². The largest absolute Gasteiger partial charge is 0.348 e. The predicted octanol–water partition coefficient (Wildman–Crippen LogP) is 4.91. The topological polar surface area (TPSA) is 36.3 Å². The Balaban J connectivity index is 1.33. The number of halogens is 2. The van der Waals surface area contributed by atoms with Gasteiger partial charge in [0, 0.05) is 29.0 Å². The minimum absolute atomic E-state index is 0.0543. The van der Waals surface area contributed by atoms with Crippen LogP contribution in [0.1, 0.15) is 50.1 Å². The van der Waals surface area contributed by atoms with E-state index in [1.54, 1.807) is 0 Å². The Morgan fingerprint density at radius 1 is 1.19 bits per heavy atom. The molecule has 6 heteroatoms. The van der Waals surface area contributed by atoms with Crippen LogP contribution in [-0.4, -0.2) is 34.2 Å². The number of rotatable bonds is 3. The molecule has 1 spiro atoms. The summed E-state index contributed by atoms with van der Waals surface area (Å²) in [5.41, 5.74) is 2.12. The zero-order valence-electron chi connectivity index (χ0n) is 14.6. The summed E-state index contributed by atoms with van der Waals surface area (Å²) in [5, 5.41) is 0.750. The van der Waals surface area contributed by atoms with E-state index >= 15 is 4.39 Å². The van der Waals surface area contributed by atoms with Gasteiger partial charge in [-0.25, -0.2) is 9.37 Å². The van der Waals surface area contributed by atoms with Crippen molar-refractivity contribution < 1.29 is 13.9 Å². The molecule has 2 aromatic rings. The van der Waals surface area contributed by atoms with Gasteiger partial charge in [-0.2, -0.15) is 0 Å². The average Bonchev–Trinajstić information content (AvgIpc) is 3.34. The Labute approximate surface area is 157 Å². The van der Waals surface area contributed by atoms with Gasteiger partial charge in [-0.15, -0.1) is 0 Å². The summed E-state index contributed by atoms with van der Waals surface area (Å²) in [5.74, 6) is -0.517. The van der Waals surface area contributed by atoms with Crippen LogP contribution in [0.5, 0.6) is 0 Å². The molecular weight excluding hydrogens is 355 g/mol. The van der Waals surface area contributed by atoms with Crippen molar-refractivity contribution in [3.63, 3.8) is 0 Å². The van der Waals surface area contributed by atoms with Crippen molar-refractivity contribution >= 4 is 11.6 Å². The van der Waals surface area contributed by atoms with Crippen molar-refractivity contribution in [2.24, 2.45) is 0 Å². The molecule has 1 saturated heterocycles. The maximum Gasteiger partial charge on any atom is 0.168 e. The first kappa shape index (κ1) is 16.7. The molecule has 3 aliphatic rings. The van der Waals surface area contributed by atoms with Crippen molar-refractivity contribution in [1.82, 2.24) is 9.55 Å². The number of nitrogens with zero attached hydrogens (tertiary/aromatic N) is 2. The molecule has 2 aliphatic heterocycles. The summed E-state index contributed by atoms with van der Waals surface area (Å²) in [6.45, 7) is 1.25. The number of alkyl halides is 1. The molecule has 1 saturated carbocycles. The van der Waals surface area contributed by atoms with Crippen molar-refractivity contribution in [3.8, 4) is 11.3 Å². The van der Waals surface area contributed by atoms with Gasteiger partial charge in [0.2, 0.25) is 0 Å². The highest BCUT2D eigenvalue weighted by atomic mass is 35.5. The molecule has 3 heterocycles. The molecule has 138 valence electrons. The Bertz CT molecular complexity index is 821. The van der Waals surface area contributed by atoms with Crippen LogP contribution in [0.3, 0.4) is 0 Å². The van der Waals surface area contributed by atoms with Gasteiger partial charge in [-0.3, -0.25) is 0 Å². The predicted molar refractivity (Wildman–Crippen MR) is 97.0 cm³/mol. The van der Waals surface area contributed by atoms with Crippen LogP contribution in [0.4, 0.5) is 4.39 Å². The van der Waals surface area contributed by atoms with Gasteiger partial charge >= 0.3 is 0 Å². The fraction of sp³-hybridized carbons (Fsp3) is 0.550. The van der Waals surface area contributed by atoms with Gasteiger partial charge in [0.25, 0.3) is 0 Å². The van der Waals surface area contributed by atoms with Crippen LogP contribution in [0.15, 0.2) is 30.7 Å². The van der Waals surface area contributed by atoms with E-state index in [4.69, 9.17) is 21.1 Å². The van der Waals surface area contributed by atoms with E-state index in [0.717, 1.165) is 21.8 Å². The van der Waals surface area contributed by atoms with Crippen molar-refractivity contribution in [1.29, 1.82) is 0 Å². The van der Waals surface area contributed by atoms with E-state index in [1.807, 2.05) is 24.7 Å². The van der Waals surface area contributed by atoms with Crippen LogP contribution in [0, 0.1) is 0 Å². The van der Waals surface area contributed by atoms with Gasteiger partial charge < -0.3 is 14.0 Å². The molecule has 26 heavy (non-hydrogen) atoms. The first-order valence-electron chi connectivity index (χ1n) is 9.37. The summed E-state index contributed by atoms with van der Waals surface area (Å²) in [7, 11) is 0. The monoisotopic (exact) mass is 376 g/mol. The van der Waals surface area contributed by atoms with E-state index in [0.29, 0.717) is 51.7 Å². The second-order valence-electron chi connectivity index (χ2n) is 7.70. The minimum Gasteiger partial charge on any atom is -0.348 e. The molecule has 4 nitrogen and oxygen atoms in total. The second-order valence-corrected chi connectivity index (χ2v) is 8.11. The summed E-state index contributed by atoms with van der Waals surface area (Å²) in [6, 6.07) is 6.00. The zero-order valence-corrected chi connectivity index (χ0v) is 15.3. The summed E-state index contributed by atoms with van der Waals surface area (Å²) in [4.78, 5) is 4.28. The lowest BCUT2D eigenvalue weighted by atomic mass is 9.79. The lowest BCUT2D eigenvalue weighted by Gasteiger charge is -2.39. The normalized spacial score (nSPS) is 25.4. The van der Waals surface area contributed by atoms with Crippen LogP contribution in [0.25, 0.3) is 11.3 Å². The first-order valence-corrected chi connectivity index (χ1v) is 9.75. The van der Waals surface area contributed by atoms with Gasteiger partial charge in [0.1, 0.15) is 5.67 Å². The van der Waals surface area contributed by atoms with Crippen molar-refractivity contribution in [2.75, 3.05) is 13.2 Å². The summed E-state index contributed by atoms with van der Waals surface area (Å²) >= 11 is 6.49. The van der Waals surface area contributed by atoms with Gasteiger partial charge in [0.05, 0.1) is 37.5 Å². The third-order valence-corrected chi connectivity index (χ3v) is 6.58. The summed E-state index contributed by atoms with van der Waals surface area (Å²) in [6.07, 6.45) is 7.18. The van der Waals surface area contributed by atoms with E-state index in [2.05, 4.69) is 15.6 Å². The molecule has 0 bridgehead atoms. The standard InChI is InChI=1S/C20H22ClFN2O2/c21-15-3-1-2-14-17-12-23-13-24(17)16(18(14)15)4-5-19(22)6-8-20(9-7-19)25-10-11-26-20/h1-3,12-13,16H,4-11H2. The Hall–Kier alpha value is -1.43. The lowest BCUT2D eigenvalue weighted by Crippen LogP contribution is -2.41. The minimum atomic E-state index is -1.16. The molecule has 1 atom stereocenters. The molecule has 1 unspecified atom stereocenters. The maximum absolute atomic E-state index is 15.5. The molecular formula is C20H22ClFN2O2. The second kappa shape index (κ2) is 6.04. The highest BCUT2D eigenvalue weighted by Crippen LogP contribution is 2.48. The van der Waals surface area contributed by atoms with E-state index in [9.17, 15) is 0 Å². The van der Waals surface area contributed by atoms with Crippen LogP contribution < -0.4 is 0 Å². The van der Waals surface area contributed by atoms with Crippen molar-refractivity contribution in [3.05, 3.63) is 41.3 Å². The fourth-order valence-corrected chi connectivity index (χ4v) is 5.09. The van der Waals surface area contributed by atoms with Crippen LogP contribution >= 0.6 is 11.6 Å². The molecule has 0 amide bonds. The number of fused-ring (bicyclic) bond motifs is 3. The number of imidazole rings is 1. The Morgan fingerprint density at radius 3 is 2.73 bits per heavy atom. The smallest absolute Gasteiger partial charge is 0.168 e. The third kappa shape index (κ3) is 2.60. The number of ether oxygens (including phenoxy) is 2. The first-order chi connectivity index (χ1) is 12.6. The van der Waals surface area contributed by atoms with Gasteiger partial charge in [-0.1, -0.05) is 23.7 Å². The summed E-state index contributed by atoms with van der Waals surface area (Å²) < 4.78 is 29.1. The zero-order chi connectivity index (χ0) is 17.8. The molecule has 2 fully saturated rings. The molecule has 0 N–H and O–H groups in total. The highest BCUT2D eigenvalue weighted by Gasteiger charge is 2.47. The molecule has 1 aliphatic carbocycles. The number of aromatic nitrogens is 2. The number of benzene rings is 1. The quantitative estimate of drug-likeness (QED) is 0.763. The maximum atomic E-state index is 15.5.